The van der Waals surface area contributed by atoms with Crippen LogP contribution in [-0.2, 0) is 12.8 Å². The van der Waals surface area contributed by atoms with Gasteiger partial charge in [-0.05, 0) is 41.7 Å². The van der Waals surface area contributed by atoms with E-state index in [4.69, 9.17) is 0 Å². The van der Waals surface area contributed by atoms with Gasteiger partial charge in [-0.3, -0.25) is 4.79 Å². The van der Waals surface area contributed by atoms with Crippen LogP contribution in [-0.4, -0.2) is 5.91 Å². The predicted molar refractivity (Wildman–Crippen MR) is 99.5 cm³/mol. The molecule has 3 aromatic carbocycles. The van der Waals surface area contributed by atoms with E-state index in [2.05, 4.69) is 24.4 Å². The van der Waals surface area contributed by atoms with Crippen molar-refractivity contribution in [2.24, 2.45) is 0 Å². The number of anilines is 1. The first-order valence-corrected chi connectivity index (χ1v) is 8.29. The monoisotopic (exact) mass is 315 g/mol. The highest BCUT2D eigenvalue weighted by Gasteiger charge is 2.12. The normalized spacial score (nSPS) is 10.4. The fourth-order valence-electron chi connectivity index (χ4n) is 2.85. The van der Waals surface area contributed by atoms with Crippen LogP contribution in [0.25, 0.3) is 0 Å². The molecule has 0 heterocycles. The van der Waals surface area contributed by atoms with Gasteiger partial charge in [-0.25, -0.2) is 0 Å². The standard InChI is InChI=1S/C22H21NO/c1-2-18-12-7-9-15-21(18)23-22(24)20-14-8-6-13-19(20)16-17-10-4-3-5-11-17/h3-15H,2,16H2,1H3,(H,23,24). The molecule has 0 saturated heterocycles. The number of amides is 1. The Morgan fingerprint density at radius 3 is 2.17 bits per heavy atom. The molecule has 0 atom stereocenters. The fraction of sp³-hybridized carbons (Fsp3) is 0.136. The van der Waals surface area contributed by atoms with Crippen molar-refractivity contribution in [3.8, 4) is 0 Å². The Balaban J connectivity index is 1.85. The van der Waals surface area contributed by atoms with Gasteiger partial charge in [0.1, 0.15) is 0 Å². The number of hydrogen-bond donors (Lipinski definition) is 1. The van der Waals surface area contributed by atoms with Gasteiger partial charge >= 0.3 is 0 Å². The molecule has 3 aromatic rings. The third kappa shape index (κ3) is 3.72. The molecule has 0 aliphatic rings. The highest BCUT2D eigenvalue weighted by Crippen LogP contribution is 2.19. The van der Waals surface area contributed by atoms with Crippen LogP contribution in [0, 0.1) is 0 Å². The van der Waals surface area contributed by atoms with Gasteiger partial charge in [0.25, 0.3) is 5.91 Å². The number of para-hydroxylation sites is 1. The van der Waals surface area contributed by atoms with Gasteiger partial charge in [0, 0.05) is 11.3 Å². The molecular weight excluding hydrogens is 294 g/mol. The van der Waals surface area contributed by atoms with Crippen molar-refractivity contribution in [3.05, 3.63) is 101 Å². The Hall–Kier alpha value is -2.87. The van der Waals surface area contributed by atoms with Gasteiger partial charge in [0.2, 0.25) is 0 Å². The Morgan fingerprint density at radius 1 is 0.792 bits per heavy atom. The van der Waals surface area contributed by atoms with Gasteiger partial charge in [0.05, 0.1) is 0 Å². The molecular formula is C22H21NO. The minimum atomic E-state index is -0.0533. The first-order valence-electron chi connectivity index (χ1n) is 8.29. The van der Waals surface area contributed by atoms with Crippen LogP contribution in [0.2, 0.25) is 0 Å². The van der Waals surface area contributed by atoms with E-state index in [0.29, 0.717) is 0 Å². The lowest BCUT2D eigenvalue weighted by Crippen LogP contribution is -2.15. The summed E-state index contributed by atoms with van der Waals surface area (Å²) in [5.41, 5.74) is 5.00. The molecule has 0 bridgehead atoms. The quantitative estimate of drug-likeness (QED) is 0.698. The molecule has 0 aromatic heterocycles. The minimum absolute atomic E-state index is 0.0533. The van der Waals surface area contributed by atoms with Crippen LogP contribution in [0.5, 0.6) is 0 Å². The maximum atomic E-state index is 12.8. The molecule has 0 unspecified atom stereocenters. The summed E-state index contributed by atoms with van der Waals surface area (Å²) in [7, 11) is 0. The average molecular weight is 315 g/mol. The van der Waals surface area contributed by atoms with Crippen LogP contribution in [0.3, 0.4) is 0 Å². The topological polar surface area (TPSA) is 29.1 Å². The molecule has 24 heavy (non-hydrogen) atoms. The molecule has 0 fully saturated rings. The SMILES string of the molecule is CCc1ccccc1NC(=O)c1ccccc1Cc1ccccc1. The molecule has 120 valence electrons. The second kappa shape index (κ2) is 7.60. The molecule has 0 spiro atoms. The summed E-state index contributed by atoms with van der Waals surface area (Å²) in [6.45, 7) is 2.09. The highest BCUT2D eigenvalue weighted by molar-refractivity contribution is 6.05. The van der Waals surface area contributed by atoms with Gasteiger partial charge in [-0.2, -0.15) is 0 Å². The zero-order valence-corrected chi connectivity index (χ0v) is 13.8. The van der Waals surface area contributed by atoms with E-state index in [0.717, 1.165) is 35.2 Å². The van der Waals surface area contributed by atoms with E-state index in [1.54, 1.807) is 0 Å². The van der Waals surface area contributed by atoms with Crippen molar-refractivity contribution in [1.29, 1.82) is 0 Å². The van der Waals surface area contributed by atoms with Gasteiger partial charge < -0.3 is 5.32 Å². The van der Waals surface area contributed by atoms with Crippen LogP contribution in [0.4, 0.5) is 5.69 Å². The van der Waals surface area contributed by atoms with E-state index in [1.165, 1.54) is 5.56 Å². The lowest BCUT2D eigenvalue weighted by atomic mass is 9.99. The molecule has 2 heteroatoms. The summed E-state index contributed by atoms with van der Waals surface area (Å²) >= 11 is 0. The molecule has 0 aliphatic heterocycles. The van der Waals surface area contributed by atoms with Crippen molar-refractivity contribution in [3.63, 3.8) is 0 Å². The number of rotatable bonds is 5. The Kier molecular flexibility index (Phi) is 5.07. The largest absolute Gasteiger partial charge is 0.322 e. The summed E-state index contributed by atoms with van der Waals surface area (Å²) in [6, 6.07) is 26.0. The lowest BCUT2D eigenvalue weighted by molar-refractivity contribution is 0.102. The van der Waals surface area contributed by atoms with Crippen molar-refractivity contribution >= 4 is 11.6 Å². The molecule has 1 N–H and O–H groups in total. The first kappa shape index (κ1) is 16.0. The van der Waals surface area contributed by atoms with Crippen molar-refractivity contribution in [2.75, 3.05) is 5.32 Å². The summed E-state index contributed by atoms with van der Waals surface area (Å²) < 4.78 is 0. The second-order valence-corrected chi connectivity index (χ2v) is 5.78. The van der Waals surface area contributed by atoms with Crippen LogP contribution in [0.15, 0.2) is 78.9 Å². The van der Waals surface area contributed by atoms with Crippen LogP contribution < -0.4 is 5.32 Å². The summed E-state index contributed by atoms with van der Waals surface area (Å²) in [5.74, 6) is -0.0533. The van der Waals surface area contributed by atoms with Crippen molar-refractivity contribution in [1.82, 2.24) is 0 Å². The zero-order valence-electron chi connectivity index (χ0n) is 13.8. The van der Waals surface area contributed by atoms with E-state index in [9.17, 15) is 4.79 Å². The van der Waals surface area contributed by atoms with Crippen LogP contribution in [0.1, 0.15) is 34.0 Å². The third-order valence-corrected chi connectivity index (χ3v) is 4.15. The zero-order chi connectivity index (χ0) is 16.8. The van der Waals surface area contributed by atoms with E-state index < -0.39 is 0 Å². The molecule has 0 aliphatic carbocycles. The summed E-state index contributed by atoms with van der Waals surface area (Å²) in [6.07, 6.45) is 1.64. The first-order chi connectivity index (χ1) is 11.8. The number of carbonyl (C=O) groups excluding carboxylic acids is 1. The number of hydrogen-bond acceptors (Lipinski definition) is 1. The number of benzene rings is 3. The van der Waals surface area contributed by atoms with Crippen molar-refractivity contribution in [2.45, 2.75) is 19.8 Å². The lowest BCUT2D eigenvalue weighted by Gasteiger charge is -2.12. The molecule has 0 saturated carbocycles. The minimum Gasteiger partial charge on any atom is -0.322 e. The van der Waals surface area contributed by atoms with E-state index in [1.807, 2.05) is 66.7 Å². The molecule has 2 nitrogen and oxygen atoms in total. The predicted octanol–water partition coefficient (Wildman–Crippen LogP) is 5.09. The summed E-state index contributed by atoms with van der Waals surface area (Å²) in [4.78, 5) is 12.8. The number of aryl methyl sites for hydroxylation is 1. The molecule has 3 rings (SSSR count). The fourth-order valence-corrected chi connectivity index (χ4v) is 2.85. The Bertz CT molecular complexity index is 824. The third-order valence-electron chi connectivity index (χ3n) is 4.15. The van der Waals surface area contributed by atoms with E-state index in [-0.39, 0.29) is 5.91 Å². The van der Waals surface area contributed by atoms with E-state index >= 15 is 0 Å². The maximum Gasteiger partial charge on any atom is 0.255 e. The molecule has 0 radical (unpaired) electrons. The summed E-state index contributed by atoms with van der Waals surface area (Å²) in [5, 5.41) is 3.06. The van der Waals surface area contributed by atoms with Crippen LogP contribution >= 0.6 is 0 Å². The smallest absolute Gasteiger partial charge is 0.255 e. The highest BCUT2D eigenvalue weighted by atomic mass is 16.1. The molecule has 1 amide bonds. The number of nitrogens with one attached hydrogen (secondary N) is 1. The average Bonchev–Trinajstić information content (AvgIpc) is 2.63. The maximum absolute atomic E-state index is 12.8. The van der Waals surface area contributed by atoms with Gasteiger partial charge in [-0.1, -0.05) is 73.7 Å². The van der Waals surface area contributed by atoms with Gasteiger partial charge in [0.15, 0.2) is 0 Å². The van der Waals surface area contributed by atoms with Gasteiger partial charge in [-0.15, -0.1) is 0 Å². The second-order valence-electron chi connectivity index (χ2n) is 5.78. The van der Waals surface area contributed by atoms with Crippen molar-refractivity contribution < 1.29 is 4.79 Å². The Morgan fingerprint density at radius 2 is 1.42 bits per heavy atom. The Labute approximate surface area is 143 Å². The number of carbonyl (C=O) groups is 1.